The van der Waals surface area contributed by atoms with Gasteiger partial charge in [0.25, 0.3) is 0 Å². The number of fused-ring (bicyclic) bond motifs is 3. The number of para-hydroxylation sites is 1. The van der Waals surface area contributed by atoms with Gasteiger partial charge in [0.2, 0.25) is 0 Å². The molecule has 14 heteroatoms. The number of carbonyl (C=O) groups is 1. The maximum atomic E-state index is 14.2. The van der Waals surface area contributed by atoms with Crippen molar-refractivity contribution in [2.24, 2.45) is 15.9 Å². The zero-order valence-electron chi connectivity index (χ0n) is 24.1. The molecule has 0 fully saturated rings. The minimum absolute atomic E-state index is 0.176. The lowest BCUT2D eigenvalue weighted by molar-refractivity contribution is -0.145. The normalized spacial score (nSPS) is 20.1. The summed E-state index contributed by atoms with van der Waals surface area (Å²) >= 11 is 7.56. The van der Waals surface area contributed by atoms with Crippen LogP contribution < -0.4 is 31.0 Å². The number of hydrogen-bond acceptors (Lipinski definition) is 11. The molecule has 0 amide bonds. The smallest absolute Gasteiger partial charge is 0.322 e. The van der Waals surface area contributed by atoms with Gasteiger partial charge in [-0.1, -0.05) is 35.5 Å². The van der Waals surface area contributed by atoms with Gasteiger partial charge in [0, 0.05) is 22.7 Å². The lowest BCUT2D eigenvalue weighted by atomic mass is 9.98. The van der Waals surface area contributed by atoms with Crippen molar-refractivity contribution in [1.29, 1.82) is 0 Å². The molecule has 2 aliphatic rings. The van der Waals surface area contributed by atoms with Gasteiger partial charge in [-0.25, -0.2) is 4.39 Å². The summed E-state index contributed by atoms with van der Waals surface area (Å²) in [6.45, 7) is 5.10. The van der Waals surface area contributed by atoms with E-state index in [0.717, 1.165) is 17.3 Å². The van der Waals surface area contributed by atoms with Crippen LogP contribution in [0.1, 0.15) is 44.4 Å². The van der Waals surface area contributed by atoms with E-state index in [1.54, 1.807) is 58.1 Å². The first-order chi connectivity index (χ1) is 20.1. The molecule has 1 unspecified atom stereocenters. The number of thioether (sulfide) groups is 1. The minimum atomic E-state index is -0.905. The first kappa shape index (κ1) is 31.5. The molecule has 3 atom stereocenters. The molecule has 0 bridgehead atoms. The Morgan fingerprint density at radius 1 is 1.29 bits per heavy atom. The predicted octanol–water partition coefficient (Wildman–Crippen LogP) is 4.15. The molecule has 42 heavy (non-hydrogen) atoms. The summed E-state index contributed by atoms with van der Waals surface area (Å²) < 4.78 is 36.5. The average molecular weight is 623 g/mol. The molecule has 0 spiro atoms. The zero-order chi connectivity index (χ0) is 30.4. The number of methoxy groups -OCH3 is 2. The number of ether oxygens (including phenoxy) is 4. The van der Waals surface area contributed by atoms with Gasteiger partial charge in [-0.15, -0.1) is 0 Å². The molecule has 0 aliphatic carbocycles. The number of nitrogens with two attached hydrogens (primary N) is 1. The molecule has 0 saturated carbocycles. The van der Waals surface area contributed by atoms with Gasteiger partial charge < -0.3 is 35.0 Å². The average Bonchev–Trinajstić information content (AvgIpc) is 3.34. The van der Waals surface area contributed by atoms with Crippen molar-refractivity contribution in [3.63, 3.8) is 0 Å². The van der Waals surface area contributed by atoms with Gasteiger partial charge in [-0.3, -0.25) is 10.2 Å². The van der Waals surface area contributed by atoms with Gasteiger partial charge in [0.15, 0.2) is 22.5 Å². The quantitative estimate of drug-likeness (QED) is 0.110. The number of hydrazone groups is 2. The highest BCUT2D eigenvalue weighted by Gasteiger charge is 2.42. The minimum Gasteiger partial charge on any atom is -0.493 e. The highest BCUT2D eigenvalue weighted by atomic mass is 35.5. The van der Waals surface area contributed by atoms with E-state index in [4.69, 9.17) is 36.3 Å². The molecule has 11 nitrogen and oxygen atoms in total. The predicted molar refractivity (Wildman–Crippen MR) is 163 cm³/mol. The molecule has 2 aliphatic heterocycles. The molecular weight excluding hydrogens is 587 g/mol. The number of alkyl halides is 1. The molecule has 2 heterocycles. The van der Waals surface area contributed by atoms with Crippen molar-refractivity contribution in [2.45, 2.75) is 50.3 Å². The Bertz CT molecular complexity index is 1350. The van der Waals surface area contributed by atoms with E-state index >= 15 is 0 Å². The van der Waals surface area contributed by atoms with Crippen LogP contribution in [0.15, 0.2) is 46.6 Å². The lowest BCUT2D eigenvalue weighted by Gasteiger charge is -2.27. The standard InChI is InChI=1S/C28H36ClFN6O5S/c1-6-40-26(37)28(2,3)42-27(31)35-32-13-12-21-25-34-33-22(15-30)36(25)19-11-10-16(29)14-18(19)23(41-21)17-8-7-9-20(38-4)24(17)39-5/h7-11,14,21-23,32-33H,6,12-13,15H2,1-5H3,(H2,31,35)/t21-,22?,23-/m1/s1. The highest BCUT2D eigenvalue weighted by Crippen LogP contribution is 2.46. The van der Waals surface area contributed by atoms with Crippen LogP contribution >= 0.6 is 23.4 Å². The van der Waals surface area contributed by atoms with Crippen LogP contribution in [0.5, 0.6) is 11.5 Å². The lowest BCUT2D eigenvalue weighted by Crippen LogP contribution is -2.45. The Morgan fingerprint density at radius 3 is 2.76 bits per heavy atom. The third-order valence-electron chi connectivity index (χ3n) is 6.70. The third kappa shape index (κ3) is 6.63. The number of esters is 1. The molecule has 2 aromatic rings. The Kier molecular flexibility index (Phi) is 10.3. The number of benzene rings is 2. The Labute approximate surface area is 253 Å². The van der Waals surface area contributed by atoms with Gasteiger partial charge in [0.1, 0.15) is 29.8 Å². The van der Waals surface area contributed by atoms with E-state index < -0.39 is 29.8 Å². The van der Waals surface area contributed by atoms with Gasteiger partial charge >= 0.3 is 5.97 Å². The maximum absolute atomic E-state index is 14.2. The third-order valence-corrected chi connectivity index (χ3v) is 7.92. The fourth-order valence-electron chi connectivity index (χ4n) is 4.80. The Hall–Kier alpha value is -3.42. The van der Waals surface area contributed by atoms with E-state index in [0.29, 0.717) is 46.6 Å². The van der Waals surface area contributed by atoms with Crippen LogP contribution in [-0.2, 0) is 14.3 Å². The van der Waals surface area contributed by atoms with Crippen molar-refractivity contribution in [2.75, 3.05) is 38.9 Å². The van der Waals surface area contributed by atoms with E-state index in [9.17, 15) is 9.18 Å². The maximum Gasteiger partial charge on any atom is 0.322 e. The second kappa shape index (κ2) is 13.7. The summed E-state index contributed by atoms with van der Waals surface area (Å²) in [7, 11) is 3.13. The van der Waals surface area contributed by atoms with Crippen LogP contribution in [0.2, 0.25) is 5.02 Å². The SMILES string of the molecule is CCOC(=O)C(C)(C)S/C(N)=N/NCC[C@H]1O[C@H](c2cccc(OC)c2OC)c2cc(Cl)ccc2N2C1=NNC2CF. The van der Waals surface area contributed by atoms with Crippen LogP contribution in [0.4, 0.5) is 10.1 Å². The molecule has 228 valence electrons. The molecule has 4 N–H and O–H groups in total. The molecule has 0 saturated heterocycles. The monoisotopic (exact) mass is 622 g/mol. The summed E-state index contributed by atoms with van der Waals surface area (Å²) in [6.07, 6.45) is -1.59. The topological polar surface area (TPSA) is 132 Å². The summed E-state index contributed by atoms with van der Waals surface area (Å²) in [6, 6.07) is 10.9. The first-order valence-electron chi connectivity index (χ1n) is 13.4. The zero-order valence-corrected chi connectivity index (χ0v) is 25.7. The second-order valence-corrected chi connectivity index (χ2v) is 12.0. The van der Waals surface area contributed by atoms with Gasteiger partial charge in [-0.05, 0) is 51.5 Å². The first-order valence-corrected chi connectivity index (χ1v) is 14.6. The second-order valence-electron chi connectivity index (χ2n) is 9.91. The van der Waals surface area contributed by atoms with Crippen LogP contribution in [0.25, 0.3) is 0 Å². The number of hydrogen-bond donors (Lipinski definition) is 3. The molecule has 0 aromatic heterocycles. The fourth-order valence-corrected chi connectivity index (χ4v) is 5.76. The fraction of sp³-hybridized carbons (Fsp3) is 0.464. The molecule has 4 rings (SSSR count). The summed E-state index contributed by atoms with van der Waals surface area (Å²) in [4.78, 5) is 14.0. The molecular formula is C28H36ClFN6O5S. The van der Waals surface area contributed by atoms with E-state index in [1.807, 2.05) is 18.2 Å². The van der Waals surface area contributed by atoms with E-state index in [-0.39, 0.29) is 17.7 Å². The number of nitrogens with zero attached hydrogens (tertiary/aromatic N) is 3. The molecule has 2 aromatic carbocycles. The van der Waals surface area contributed by atoms with Crippen molar-refractivity contribution in [3.8, 4) is 11.5 Å². The van der Waals surface area contributed by atoms with Gasteiger partial charge in [0.05, 0.1) is 26.5 Å². The molecule has 0 radical (unpaired) electrons. The van der Waals surface area contributed by atoms with Crippen molar-refractivity contribution in [3.05, 3.63) is 52.5 Å². The Balaban J connectivity index is 1.63. The van der Waals surface area contributed by atoms with E-state index in [2.05, 4.69) is 21.1 Å². The van der Waals surface area contributed by atoms with Crippen molar-refractivity contribution in [1.82, 2.24) is 10.9 Å². The highest BCUT2D eigenvalue weighted by molar-refractivity contribution is 8.15. The van der Waals surface area contributed by atoms with E-state index in [1.165, 1.54) is 0 Å². The largest absolute Gasteiger partial charge is 0.493 e. The van der Waals surface area contributed by atoms with Crippen molar-refractivity contribution >= 4 is 46.0 Å². The summed E-state index contributed by atoms with van der Waals surface area (Å²) in [5.74, 6) is 1.18. The number of nitrogens with one attached hydrogen (secondary N) is 2. The Morgan fingerprint density at radius 2 is 2.07 bits per heavy atom. The summed E-state index contributed by atoms with van der Waals surface area (Å²) in [5, 5.41) is 9.36. The summed E-state index contributed by atoms with van der Waals surface area (Å²) in [5.41, 5.74) is 14.0. The number of anilines is 1. The number of rotatable bonds is 11. The van der Waals surface area contributed by atoms with Gasteiger partial charge in [-0.2, -0.15) is 10.2 Å². The number of carbonyl (C=O) groups excluding carboxylic acids is 1. The number of halogens is 2. The number of amidine groups is 2. The van der Waals surface area contributed by atoms with Crippen LogP contribution in [0.3, 0.4) is 0 Å². The van der Waals surface area contributed by atoms with Crippen LogP contribution in [-0.4, -0.2) is 68.0 Å². The van der Waals surface area contributed by atoms with Crippen LogP contribution in [0, 0.1) is 0 Å². The van der Waals surface area contributed by atoms with Crippen molar-refractivity contribution < 1.29 is 28.1 Å².